The molecule has 31 heavy (non-hydrogen) atoms. The van der Waals surface area contributed by atoms with Gasteiger partial charge in [-0.15, -0.1) is 11.3 Å². The highest BCUT2D eigenvalue weighted by atomic mass is 32.2. The zero-order valence-electron chi connectivity index (χ0n) is 17.8. The van der Waals surface area contributed by atoms with Gasteiger partial charge in [0.2, 0.25) is 0 Å². The molecule has 3 aromatic rings. The Labute approximate surface area is 188 Å². The summed E-state index contributed by atoms with van der Waals surface area (Å²) in [6, 6.07) is 16.7. The quantitative estimate of drug-likeness (QED) is 0.438. The first-order chi connectivity index (χ1) is 14.9. The van der Waals surface area contributed by atoms with Crippen molar-refractivity contribution < 1.29 is 13.5 Å². The second-order valence-electron chi connectivity index (χ2n) is 8.42. The van der Waals surface area contributed by atoms with Gasteiger partial charge in [0.1, 0.15) is 4.21 Å². The predicted molar refractivity (Wildman–Crippen MR) is 128 cm³/mol. The molecular formula is C24H30N2O3S2. The number of anilines is 1. The molecule has 7 heteroatoms. The number of benzene rings is 2. The molecule has 166 valence electrons. The van der Waals surface area contributed by atoms with Gasteiger partial charge in [-0.05, 0) is 54.8 Å². The molecule has 0 bridgehead atoms. The number of fused-ring (bicyclic) bond motifs is 1. The summed E-state index contributed by atoms with van der Waals surface area (Å²) in [6.45, 7) is 2.49. The summed E-state index contributed by atoms with van der Waals surface area (Å²) >= 11 is 1.27. The van der Waals surface area contributed by atoms with Crippen molar-refractivity contribution >= 4 is 37.1 Å². The largest absolute Gasteiger partial charge is 0.391 e. The minimum absolute atomic E-state index is 0.0599. The Morgan fingerprint density at radius 3 is 2.55 bits per heavy atom. The third kappa shape index (κ3) is 5.29. The molecule has 2 atom stereocenters. The van der Waals surface area contributed by atoms with Crippen LogP contribution in [-0.4, -0.2) is 25.7 Å². The van der Waals surface area contributed by atoms with Crippen LogP contribution in [0, 0.1) is 5.92 Å². The summed E-state index contributed by atoms with van der Waals surface area (Å²) in [4.78, 5) is 0. The van der Waals surface area contributed by atoms with Crippen molar-refractivity contribution in [3.05, 3.63) is 60.2 Å². The maximum absolute atomic E-state index is 13.0. The molecular weight excluding hydrogens is 428 g/mol. The Bertz CT molecular complexity index is 1090. The maximum atomic E-state index is 13.0. The topological polar surface area (TPSA) is 78.4 Å². The van der Waals surface area contributed by atoms with Crippen molar-refractivity contribution in [1.82, 2.24) is 5.32 Å². The summed E-state index contributed by atoms with van der Waals surface area (Å²) in [5, 5.41) is 15.0. The molecule has 1 heterocycles. The lowest BCUT2D eigenvalue weighted by molar-refractivity contribution is 0.0551. The van der Waals surface area contributed by atoms with Crippen molar-refractivity contribution in [2.45, 2.75) is 61.9 Å². The summed E-state index contributed by atoms with van der Waals surface area (Å²) in [5.74, 6) is 0.345. The molecule has 0 radical (unpaired) electrons. The number of nitrogens with one attached hydrogen (secondary N) is 2. The van der Waals surface area contributed by atoms with Gasteiger partial charge in [-0.3, -0.25) is 4.72 Å². The fourth-order valence-electron chi connectivity index (χ4n) is 4.33. The lowest BCUT2D eigenvalue weighted by atomic mass is 9.83. The number of para-hydroxylation sites is 1. The Kier molecular flexibility index (Phi) is 6.96. The van der Waals surface area contributed by atoms with Crippen molar-refractivity contribution in [2.75, 3.05) is 4.72 Å². The van der Waals surface area contributed by atoms with E-state index in [0.717, 1.165) is 28.5 Å². The number of rotatable bonds is 8. The van der Waals surface area contributed by atoms with Gasteiger partial charge in [-0.1, -0.05) is 55.7 Å². The third-order valence-corrected chi connectivity index (χ3v) is 9.14. The zero-order chi connectivity index (χ0) is 21.8. The molecule has 1 aromatic heterocycles. The van der Waals surface area contributed by atoms with E-state index in [9.17, 15) is 13.5 Å². The number of thiophene rings is 1. The van der Waals surface area contributed by atoms with E-state index in [1.54, 1.807) is 12.1 Å². The van der Waals surface area contributed by atoms with Crippen molar-refractivity contribution in [3.63, 3.8) is 0 Å². The summed E-state index contributed by atoms with van der Waals surface area (Å²) in [5.41, 5.74) is 1.42. The SMILES string of the molecule is C[C@H](NCc1ccccc1NS(=O)(=O)c1cc2ccccc2s1)[C@H](O)C1CCCCC1. The van der Waals surface area contributed by atoms with Crippen LogP contribution < -0.4 is 10.0 Å². The van der Waals surface area contributed by atoms with Crippen LogP contribution in [0.2, 0.25) is 0 Å². The Balaban J connectivity index is 1.45. The maximum Gasteiger partial charge on any atom is 0.271 e. The monoisotopic (exact) mass is 458 g/mol. The van der Waals surface area contributed by atoms with E-state index in [2.05, 4.69) is 10.0 Å². The first-order valence-corrected chi connectivity index (χ1v) is 13.2. The van der Waals surface area contributed by atoms with Crippen LogP contribution in [0.1, 0.15) is 44.6 Å². The highest BCUT2D eigenvalue weighted by molar-refractivity contribution is 7.94. The average Bonchev–Trinajstić information content (AvgIpc) is 3.24. The molecule has 1 saturated carbocycles. The van der Waals surface area contributed by atoms with E-state index in [0.29, 0.717) is 22.4 Å². The zero-order valence-corrected chi connectivity index (χ0v) is 19.4. The summed E-state index contributed by atoms with van der Waals surface area (Å²) in [7, 11) is -3.68. The van der Waals surface area contributed by atoms with Gasteiger partial charge in [0, 0.05) is 17.3 Å². The highest BCUT2D eigenvalue weighted by Gasteiger charge is 2.26. The third-order valence-electron chi connectivity index (χ3n) is 6.19. The number of sulfonamides is 1. The van der Waals surface area contributed by atoms with Gasteiger partial charge in [0.25, 0.3) is 10.0 Å². The van der Waals surface area contributed by atoms with Crippen LogP contribution in [-0.2, 0) is 16.6 Å². The highest BCUT2D eigenvalue weighted by Crippen LogP contribution is 2.31. The van der Waals surface area contributed by atoms with E-state index < -0.39 is 10.0 Å². The van der Waals surface area contributed by atoms with E-state index >= 15 is 0 Å². The first kappa shape index (κ1) is 22.3. The number of aliphatic hydroxyl groups excluding tert-OH is 1. The smallest absolute Gasteiger partial charge is 0.271 e. The van der Waals surface area contributed by atoms with Crippen LogP contribution in [0.15, 0.2) is 58.8 Å². The molecule has 4 rings (SSSR count). The molecule has 0 saturated heterocycles. The normalized spacial score (nSPS) is 17.5. The molecule has 1 fully saturated rings. The van der Waals surface area contributed by atoms with Gasteiger partial charge in [-0.25, -0.2) is 8.42 Å². The molecule has 0 amide bonds. The van der Waals surface area contributed by atoms with E-state index in [-0.39, 0.29) is 12.1 Å². The van der Waals surface area contributed by atoms with Crippen molar-refractivity contribution in [2.24, 2.45) is 5.92 Å². The molecule has 0 unspecified atom stereocenters. The molecule has 0 aliphatic heterocycles. The van der Waals surface area contributed by atoms with Crippen LogP contribution >= 0.6 is 11.3 Å². The number of hydrogen-bond acceptors (Lipinski definition) is 5. The molecule has 1 aliphatic carbocycles. The molecule has 0 spiro atoms. The van der Waals surface area contributed by atoms with Crippen LogP contribution in [0.25, 0.3) is 10.1 Å². The molecule has 5 nitrogen and oxygen atoms in total. The van der Waals surface area contributed by atoms with Gasteiger partial charge in [0.05, 0.1) is 11.8 Å². The molecule has 3 N–H and O–H groups in total. The molecule has 2 aromatic carbocycles. The van der Waals surface area contributed by atoms with Crippen LogP contribution in [0.5, 0.6) is 0 Å². The fourth-order valence-corrected chi connectivity index (χ4v) is 6.83. The second kappa shape index (κ2) is 9.69. The Hall–Kier alpha value is -1.93. The fraction of sp³-hybridized carbons (Fsp3) is 0.417. The van der Waals surface area contributed by atoms with Crippen molar-refractivity contribution in [3.8, 4) is 0 Å². The second-order valence-corrected chi connectivity index (χ2v) is 11.4. The van der Waals surface area contributed by atoms with Gasteiger partial charge in [-0.2, -0.15) is 0 Å². The van der Waals surface area contributed by atoms with Gasteiger partial charge < -0.3 is 10.4 Å². The number of aliphatic hydroxyl groups is 1. The first-order valence-electron chi connectivity index (χ1n) is 10.9. The standard InChI is InChI=1S/C24H30N2O3S2/c1-17(24(27)18-9-3-2-4-10-18)25-16-20-12-5-7-13-21(20)26-31(28,29)23-15-19-11-6-8-14-22(19)30-23/h5-8,11-15,17-18,24-27H,2-4,9-10,16H2,1H3/t17-,24-/m0/s1. The van der Waals surface area contributed by atoms with Crippen molar-refractivity contribution in [1.29, 1.82) is 0 Å². The minimum Gasteiger partial charge on any atom is -0.391 e. The van der Waals surface area contributed by atoms with Gasteiger partial charge >= 0.3 is 0 Å². The lowest BCUT2D eigenvalue weighted by Crippen LogP contribution is -2.42. The van der Waals surface area contributed by atoms with Gasteiger partial charge in [0.15, 0.2) is 0 Å². The lowest BCUT2D eigenvalue weighted by Gasteiger charge is -2.31. The summed E-state index contributed by atoms with van der Waals surface area (Å²) in [6.07, 6.45) is 5.42. The number of hydrogen-bond donors (Lipinski definition) is 3. The average molecular weight is 459 g/mol. The summed E-state index contributed by atoms with van der Waals surface area (Å²) < 4.78 is 30.0. The predicted octanol–water partition coefficient (Wildman–Crippen LogP) is 5.12. The van der Waals surface area contributed by atoms with E-state index in [1.807, 2.05) is 49.4 Å². The molecule has 1 aliphatic rings. The van der Waals surface area contributed by atoms with E-state index in [4.69, 9.17) is 0 Å². The Morgan fingerprint density at radius 1 is 1.06 bits per heavy atom. The van der Waals surface area contributed by atoms with Crippen LogP contribution in [0.3, 0.4) is 0 Å². The Morgan fingerprint density at radius 2 is 1.77 bits per heavy atom. The van der Waals surface area contributed by atoms with E-state index in [1.165, 1.54) is 30.6 Å². The van der Waals surface area contributed by atoms with Crippen LogP contribution in [0.4, 0.5) is 5.69 Å². The minimum atomic E-state index is -3.68.